The third-order valence-corrected chi connectivity index (χ3v) is 2.98. The molecule has 0 aromatic carbocycles. The summed E-state index contributed by atoms with van der Waals surface area (Å²) in [5.41, 5.74) is 0. The summed E-state index contributed by atoms with van der Waals surface area (Å²) in [6.07, 6.45) is 3.05. The van der Waals surface area contributed by atoms with Crippen molar-refractivity contribution in [3.05, 3.63) is 0 Å². The van der Waals surface area contributed by atoms with Gasteiger partial charge in [0.1, 0.15) is 6.04 Å². The van der Waals surface area contributed by atoms with Crippen LogP contribution in [0.1, 0.15) is 40.0 Å². The summed E-state index contributed by atoms with van der Waals surface area (Å²) >= 11 is 0. The molecule has 0 amide bonds. The van der Waals surface area contributed by atoms with Gasteiger partial charge in [-0.2, -0.15) is 0 Å². The van der Waals surface area contributed by atoms with Crippen LogP contribution in [0.2, 0.25) is 0 Å². The van der Waals surface area contributed by atoms with Crippen LogP contribution in [0.5, 0.6) is 0 Å². The number of nitrogens with zero attached hydrogens (tertiary/aromatic N) is 1. The predicted molar refractivity (Wildman–Crippen MR) is 56.3 cm³/mol. The van der Waals surface area contributed by atoms with E-state index in [0.717, 1.165) is 25.8 Å². The number of hydrogen-bond acceptors (Lipinski definition) is 2. The normalized spacial score (nSPS) is 25.6. The van der Waals surface area contributed by atoms with Crippen molar-refractivity contribution in [2.75, 3.05) is 6.54 Å². The number of carbonyl (C=O) groups is 1. The minimum atomic E-state index is -0.660. The van der Waals surface area contributed by atoms with Crippen molar-refractivity contribution in [3.8, 4) is 0 Å². The molecule has 1 saturated heterocycles. The first kappa shape index (κ1) is 11.5. The number of rotatable bonds is 4. The Morgan fingerprint density at radius 3 is 2.57 bits per heavy atom. The summed E-state index contributed by atoms with van der Waals surface area (Å²) in [5.74, 6) is -0.212. The molecule has 1 N–H and O–H groups in total. The molecule has 0 bridgehead atoms. The van der Waals surface area contributed by atoms with Crippen molar-refractivity contribution in [2.45, 2.75) is 52.1 Å². The Bertz CT molecular complexity index is 203. The molecule has 0 aromatic heterocycles. The minimum absolute atomic E-state index is 0.271. The highest BCUT2D eigenvalue weighted by Gasteiger charge is 2.32. The molecule has 0 radical (unpaired) electrons. The molecule has 3 nitrogen and oxygen atoms in total. The van der Waals surface area contributed by atoms with E-state index < -0.39 is 5.97 Å². The molecule has 3 heteroatoms. The molecule has 0 saturated carbocycles. The van der Waals surface area contributed by atoms with E-state index in [1.807, 2.05) is 0 Å². The van der Waals surface area contributed by atoms with Crippen LogP contribution in [0, 0.1) is 5.92 Å². The second-order valence-electron chi connectivity index (χ2n) is 4.71. The van der Waals surface area contributed by atoms with Gasteiger partial charge in [-0.05, 0) is 38.6 Å². The van der Waals surface area contributed by atoms with Crippen molar-refractivity contribution in [1.82, 2.24) is 4.90 Å². The number of hydrogen-bond donors (Lipinski definition) is 1. The zero-order chi connectivity index (χ0) is 10.7. The third kappa shape index (κ3) is 2.71. The third-order valence-electron chi connectivity index (χ3n) is 2.98. The molecule has 2 unspecified atom stereocenters. The first-order valence-corrected chi connectivity index (χ1v) is 5.51. The van der Waals surface area contributed by atoms with E-state index in [1.54, 1.807) is 0 Å². The van der Waals surface area contributed by atoms with Gasteiger partial charge in [-0.1, -0.05) is 13.8 Å². The van der Waals surface area contributed by atoms with Gasteiger partial charge < -0.3 is 5.11 Å². The number of carboxylic acid groups (broad SMARTS) is 1. The smallest absolute Gasteiger partial charge is 0.320 e. The molecule has 0 aliphatic carbocycles. The van der Waals surface area contributed by atoms with Crippen molar-refractivity contribution in [1.29, 1.82) is 0 Å². The molecule has 0 aromatic rings. The van der Waals surface area contributed by atoms with Gasteiger partial charge in [0.25, 0.3) is 0 Å². The van der Waals surface area contributed by atoms with Gasteiger partial charge in [0.05, 0.1) is 0 Å². The van der Waals surface area contributed by atoms with Gasteiger partial charge in [-0.25, -0.2) is 0 Å². The Morgan fingerprint density at radius 2 is 2.21 bits per heavy atom. The van der Waals surface area contributed by atoms with Crippen LogP contribution in [0.3, 0.4) is 0 Å². The first-order chi connectivity index (χ1) is 6.52. The molecule has 1 aliphatic rings. The Morgan fingerprint density at radius 1 is 1.57 bits per heavy atom. The van der Waals surface area contributed by atoms with Gasteiger partial charge in [0.15, 0.2) is 0 Å². The van der Waals surface area contributed by atoms with E-state index >= 15 is 0 Å². The molecule has 2 atom stereocenters. The number of carboxylic acids is 1. The van der Waals surface area contributed by atoms with Crippen LogP contribution in [-0.4, -0.2) is 34.6 Å². The summed E-state index contributed by atoms with van der Waals surface area (Å²) in [5, 5.41) is 9.16. The lowest BCUT2D eigenvalue weighted by Crippen LogP contribution is -2.43. The lowest BCUT2D eigenvalue weighted by Gasteiger charge is -2.29. The van der Waals surface area contributed by atoms with Crippen molar-refractivity contribution >= 4 is 5.97 Å². The molecule has 1 rings (SSSR count). The van der Waals surface area contributed by atoms with Crippen LogP contribution in [0.25, 0.3) is 0 Å². The van der Waals surface area contributed by atoms with Crippen molar-refractivity contribution < 1.29 is 9.90 Å². The summed E-state index contributed by atoms with van der Waals surface area (Å²) in [6.45, 7) is 7.24. The molecule has 82 valence electrons. The zero-order valence-corrected chi connectivity index (χ0v) is 9.36. The Kier molecular flexibility index (Phi) is 3.93. The molecule has 0 spiro atoms. The fraction of sp³-hybridized carbons (Fsp3) is 0.909. The van der Waals surface area contributed by atoms with Crippen LogP contribution >= 0.6 is 0 Å². The molecule has 1 heterocycles. The fourth-order valence-electron chi connectivity index (χ4n) is 2.24. The fourth-order valence-corrected chi connectivity index (χ4v) is 2.24. The van der Waals surface area contributed by atoms with Crippen LogP contribution in [0.15, 0.2) is 0 Å². The van der Waals surface area contributed by atoms with E-state index in [1.165, 1.54) is 0 Å². The van der Waals surface area contributed by atoms with Crippen LogP contribution < -0.4 is 0 Å². The Hall–Kier alpha value is -0.570. The molecule has 1 aliphatic heterocycles. The standard InChI is InChI=1S/C11H21NO2/c1-8(2)7-10(11(13)14)12-6-4-5-9(12)3/h8-10H,4-7H2,1-3H3,(H,13,14). The maximum atomic E-state index is 11.1. The van der Waals surface area contributed by atoms with E-state index in [4.69, 9.17) is 5.11 Å². The maximum absolute atomic E-state index is 11.1. The highest BCUT2D eigenvalue weighted by Crippen LogP contribution is 2.23. The maximum Gasteiger partial charge on any atom is 0.320 e. The number of aliphatic carboxylic acids is 1. The molecule has 14 heavy (non-hydrogen) atoms. The second-order valence-corrected chi connectivity index (χ2v) is 4.71. The molecular formula is C11H21NO2. The summed E-state index contributed by atoms with van der Waals surface area (Å²) < 4.78 is 0. The van der Waals surface area contributed by atoms with Crippen LogP contribution in [-0.2, 0) is 4.79 Å². The summed E-state index contributed by atoms with van der Waals surface area (Å²) in [7, 11) is 0. The quantitative estimate of drug-likeness (QED) is 0.752. The highest BCUT2D eigenvalue weighted by atomic mass is 16.4. The lowest BCUT2D eigenvalue weighted by atomic mass is 10.0. The number of likely N-dealkylation sites (tertiary alicyclic amines) is 1. The monoisotopic (exact) mass is 199 g/mol. The molecule has 1 fully saturated rings. The van der Waals surface area contributed by atoms with Gasteiger partial charge >= 0.3 is 5.97 Å². The van der Waals surface area contributed by atoms with Gasteiger partial charge in [0, 0.05) is 6.04 Å². The van der Waals surface area contributed by atoms with Gasteiger partial charge in [-0.3, -0.25) is 9.69 Å². The molecular weight excluding hydrogens is 178 g/mol. The van der Waals surface area contributed by atoms with Crippen molar-refractivity contribution in [3.63, 3.8) is 0 Å². The van der Waals surface area contributed by atoms with E-state index in [9.17, 15) is 4.79 Å². The largest absolute Gasteiger partial charge is 0.480 e. The average molecular weight is 199 g/mol. The second kappa shape index (κ2) is 4.78. The summed E-state index contributed by atoms with van der Waals surface area (Å²) in [6, 6.07) is 0.169. The van der Waals surface area contributed by atoms with Gasteiger partial charge in [-0.15, -0.1) is 0 Å². The highest BCUT2D eigenvalue weighted by molar-refractivity contribution is 5.73. The minimum Gasteiger partial charge on any atom is -0.480 e. The van der Waals surface area contributed by atoms with E-state index in [0.29, 0.717) is 12.0 Å². The van der Waals surface area contributed by atoms with E-state index in [-0.39, 0.29) is 6.04 Å². The Balaban J connectivity index is 2.61. The predicted octanol–water partition coefficient (Wildman–Crippen LogP) is 1.97. The van der Waals surface area contributed by atoms with Gasteiger partial charge in [0.2, 0.25) is 0 Å². The summed E-state index contributed by atoms with van der Waals surface area (Å²) in [4.78, 5) is 13.3. The van der Waals surface area contributed by atoms with Crippen molar-refractivity contribution in [2.24, 2.45) is 5.92 Å². The topological polar surface area (TPSA) is 40.5 Å². The van der Waals surface area contributed by atoms with Crippen LogP contribution in [0.4, 0.5) is 0 Å². The Labute approximate surface area is 86.1 Å². The van der Waals surface area contributed by atoms with E-state index in [2.05, 4.69) is 25.7 Å². The zero-order valence-electron chi connectivity index (χ0n) is 9.36. The SMILES string of the molecule is CC(C)CC(C(=O)O)N1CCCC1C. The lowest BCUT2D eigenvalue weighted by molar-refractivity contribution is -0.144. The first-order valence-electron chi connectivity index (χ1n) is 5.51. The average Bonchev–Trinajstić information content (AvgIpc) is 2.46.